The molecule has 0 radical (unpaired) electrons. The molecule has 1 nitrogen and oxygen atoms in total. The molecule has 1 atom stereocenters. The van der Waals surface area contributed by atoms with E-state index >= 15 is 0 Å². The van der Waals surface area contributed by atoms with Crippen LogP contribution in [0.25, 0.3) is 0 Å². The average Bonchev–Trinajstić information content (AvgIpc) is 2.19. The van der Waals surface area contributed by atoms with Crippen LogP contribution in [0.3, 0.4) is 0 Å². The highest BCUT2D eigenvalue weighted by molar-refractivity contribution is 5.27. The van der Waals surface area contributed by atoms with Gasteiger partial charge in [0, 0.05) is 0 Å². The van der Waals surface area contributed by atoms with Gasteiger partial charge in [0.2, 0.25) is 0 Å². The van der Waals surface area contributed by atoms with Crippen molar-refractivity contribution < 1.29 is 5.11 Å². The van der Waals surface area contributed by atoms with Crippen molar-refractivity contribution in [1.29, 1.82) is 0 Å². The maximum atomic E-state index is 10.4. The fraction of sp³-hybridized carbons (Fsp3) is 0.308. The van der Waals surface area contributed by atoms with Gasteiger partial charge in [-0.2, -0.15) is 0 Å². The van der Waals surface area contributed by atoms with E-state index in [0.717, 1.165) is 5.56 Å². The monoisotopic (exact) mass is 188 g/mol. The van der Waals surface area contributed by atoms with Crippen LogP contribution in [-0.2, 0) is 5.60 Å². The Bertz CT molecular complexity index is 334. The second-order valence-corrected chi connectivity index (χ2v) is 3.69. The number of hydrogen-bond acceptors (Lipinski definition) is 1. The maximum Gasteiger partial charge on any atom is 0.117 e. The summed E-state index contributed by atoms with van der Waals surface area (Å²) in [7, 11) is 0. The van der Waals surface area contributed by atoms with Crippen molar-refractivity contribution in [3.05, 3.63) is 54.3 Å². The zero-order chi connectivity index (χ0) is 10.6. The molecule has 0 bridgehead atoms. The van der Waals surface area contributed by atoms with E-state index in [2.05, 4.69) is 12.3 Å². The number of rotatable bonds is 3. The predicted molar refractivity (Wildman–Crippen MR) is 58.9 cm³/mol. The number of benzene rings is 1. The Labute approximate surface area is 85.4 Å². The van der Waals surface area contributed by atoms with Crippen molar-refractivity contribution >= 4 is 0 Å². The standard InChI is InChI=1S/C13H16O/c1-4-10-13(14,11(2)3)12-8-6-5-7-9-12/h5-11,14H,1H2,2-3H3. The predicted octanol–water partition coefficient (Wildman–Crippen LogP) is 2.87. The lowest BCUT2D eigenvalue weighted by Gasteiger charge is -2.28. The van der Waals surface area contributed by atoms with Gasteiger partial charge in [-0.25, -0.2) is 0 Å². The summed E-state index contributed by atoms with van der Waals surface area (Å²) >= 11 is 0. The molecule has 0 heterocycles. The summed E-state index contributed by atoms with van der Waals surface area (Å²) < 4.78 is 0. The van der Waals surface area contributed by atoms with E-state index in [1.54, 1.807) is 6.08 Å². The smallest absolute Gasteiger partial charge is 0.117 e. The lowest BCUT2D eigenvalue weighted by Crippen LogP contribution is -2.29. The van der Waals surface area contributed by atoms with Gasteiger partial charge in [-0.3, -0.25) is 0 Å². The third kappa shape index (κ3) is 1.95. The second-order valence-electron chi connectivity index (χ2n) is 3.69. The van der Waals surface area contributed by atoms with Crippen LogP contribution in [0.2, 0.25) is 0 Å². The zero-order valence-electron chi connectivity index (χ0n) is 8.70. The van der Waals surface area contributed by atoms with Gasteiger partial charge < -0.3 is 5.11 Å². The highest BCUT2D eigenvalue weighted by Crippen LogP contribution is 2.30. The molecule has 14 heavy (non-hydrogen) atoms. The van der Waals surface area contributed by atoms with Crippen molar-refractivity contribution in [2.75, 3.05) is 0 Å². The van der Waals surface area contributed by atoms with Crippen LogP contribution < -0.4 is 0 Å². The van der Waals surface area contributed by atoms with Gasteiger partial charge in [0.1, 0.15) is 5.60 Å². The molecule has 0 amide bonds. The minimum atomic E-state index is -0.955. The first-order valence-corrected chi connectivity index (χ1v) is 4.76. The van der Waals surface area contributed by atoms with E-state index in [0.29, 0.717) is 0 Å². The highest BCUT2D eigenvalue weighted by Gasteiger charge is 2.29. The first-order valence-electron chi connectivity index (χ1n) is 4.76. The minimum Gasteiger partial charge on any atom is -0.380 e. The van der Waals surface area contributed by atoms with Gasteiger partial charge in [-0.1, -0.05) is 50.8 Å². The summed E-state index contributed by atoms with van der Waals surface area (Å²) in [4.78, 5) is 0. The van der Waals surface area contributed by atoms with Crippen LogP contribution in [-0.4, -0.2) is 5.11 Å². The maximum absolute atomic E-state index is 10.4. The molecule has 0 fully saturated rings. The summed E-state index contributed by atoms with van der Waals surface area (Å²) in [5.74, 6) is 0.0964. The first-order chi connectivity index (χ1) is 6.61. The van der Waals surface area contributed by atoms with Crippen molar-refractivity contribution in [1.82, 2.24) is 0 Å². The SMILES string of the molecule is C=C=CC(O)(c1ccccc1)C(C)C. The highest BCUT2D eigenvalue weighted by atomic mass is 16.3. The Morgan fingerprint density at radius 3 is 2.36 bits per heavy atom. The van der Waals surface area contributed by atoms with Crippen molar-refractivity contribution in [2.45, 2.75) is 19.4 Å². The first kappa shape index (κ1) is 10.8. The molecule has 0 saturated heterocycles. The molecule has 0 aliphatic rings. The molecule has 0 aromatic heterocycles. The Kier molecular flexibility index (Phi) is 3.29. The Hall–Kier alpha value is -1.30. The molecule has 0 saturated carbocycles. The summed E-state index contributed by atoms with van der Waals surface area (Å²) in [5, 5.41) is 10.4. The van der Waals surface area contributed by atoms with Crippen molar-refractivity contribution in [2.24, 2.45) is 5.92 Å². The fourth-order valence-electron chi connectivity index (χ4n) is 1.44. The second kappa shape index (κ2) is 4.28. The van der Waals surface area contributed by atoms with E-state index in [9.17, 15) is 5.11 Å². The van der Waals surface area contributed by atoms with Gasteiger partial charge in [-0.15, -0.1) is 5.73 Å². The van der Waals surface area contributed by atoms with Gasteiger partial charge in [0.25, 0.3) is 0 Å². The Morgan fingerprint density at radius 1 is 1.36 bits per heavy atom. The van der Waals surface area contributed by atoms with E-state index in [4.69, 9.17) is 0 Å². The molecular weight excluding hydrogens is 172 g/mol. The van der Waals surface area contributed by atoms with Crippen LogP contribution >= 0.6 is 0 Å². The van der Waals surface area contributed by atoms with E-state index in [1.807, 2.05) is 44.2 Å². The molecule has 0 aliphatic heterocycles. The normalized spacial score (nSPS) is 14.6. The molecule has 1 heteroatoms. The lowest BCUT2D eigenvalue weighted by atomic mass is 9.83. The van der Waals surface area contributed by atoms with Crippen LogP contribution in [0.5, 0.6) is 0 Å². The Balaban J connectivity index is 3.19. The van der Waals surface area contributed by atoms with Crippen LogP contribution in [0.15, 0.2) is 48.7 Å². The van der Waals surface area contributed by atoms with E-state index < -0.39 is 5.60 Å². The van der Waals surface area contributed by atoms with E-state index in [1.165, 1.54) is 0 Å². The van der Waals surface area contributed by atoms with Gasteiger partial charge in [0.05, 0.1) is 0 Å². The number of aliphatic hydroxyl groups is 1. The van der Waals surface area contributed by atoms with Gasteiger partial charge in [-0.05, 0) is 17.6 Å². The quantitative estimate of drug-likeness (QED) is 0.723. The molecule has 1 rings (SSSR count). The topological polar surface area (TPSA) is 20.2 Å². The third-order valence-corrected chi connectivity index (χ3v) is 2.44. The van der Waals surface area contributed by atoms with Crippen LogP contribution in [0, 0.1) is 5.92 Å². The molecule has 1 unspecified atom stereocenters. The molecule has 1 N–H and O–H groups in total. The summed E-state index contributed by atoms with van der Waals surface area (Å²) in [5.41, 5.74) is 2.59. The lowest BCUT2D eigenvalue weighted by molar-refractivity contribution is 0.0402. The molecule has 1 aromatic carbocycles. The average molecular weight is 188 g/mol. The van der Waals surface area contributed by atoms with Gasteiger partial charge >= 0.3 is 0 Å². The molecular formula is C13H16O. The van der Waals surface area contributed by atoms with Crippen LogP contribution in [0.1, 0.15) is 19.4 Å². The minimum absolute atomic E-state index is 0.0964. The molecule has 0 spiro atoms. The molecule has 0 aliphatic carbocycles. The Morgan fingerprint density at radius 2 is 1.93 bits per heavy atom. The third-order valence-electron chi connectivity index (χ3n) is 2.44. The van der Waals surface area contributed by atoms with E-state index in [-0.39, 0.29) is 5.92 Å². The largest absolute Gasteiger partial charge is 0.380 e. The zero-order valence-corrected chi connectivity index (χ0v) is 8.70. The summed E-state index contributed by atoms with van der Waals surface area (Å²) in [6.07, 6.45) is 1.62. The van der Waals surface area contributed by atoms with Crippen LogP contribution in [0.4, 0.5) is 0 Å². The summed E-state index contributed by atoms with van der Waals surface area (Å²) in [6.45, 7) is 7.46. The van der Waals surface area contributed by atoms with Gasteiger partial charge in [0.15, 0.2) is 0 Å². The fourth-order valence-corrected chi connectivity index (χ4v) is 1.44. The molecule has 74 valence electrons. The number of hydrogen-bond donors (Lipinski definition) is 1. The molecule has 1 aromatic rings. The van der Waals surface area contributed by atoms with Crippen molar-refractivity contribution in [3.63, 3.8) is 0 Å². The van der Waals surface area contributed by atoms with Crippen molar-refractivity contribution in [3.8, 4) is 0 Å². The summed E-state index contributed by atoms with van der Waals surface area (Å²) in [6, 6.07) is 9.59.